The molecule has 1 fully saturated rings. The van der Waals surface area contributed by atoms with Crippen LogP contribution in [0.1, 0.15) is 52.4 Å². The van der Waals surface area contributed by atoms with Crippen LogP contribution in [-0.4, -0.2) is 11.2 Å². The molecule has 1 aliphatic carbocycles. The molecule has 80 valence electrons. The van der Waals surface area contributed by atoms with Gasteiger partial charge in [-0.15, -0.1) is 0 Å². The molecule has 0 saturated heterocycles. The maximum atomic E-state index is 9.99. The smallest absolute Gasteiger partial charge is 0.0835 e. The lowest BCUT2D eigenvalue weighted by Gasteiger charge is -2.27. The zero-order chi connectivity index (χ0) is 10.6. The Morgan fingerprint density at radius 1 is 1.57 bits per heavy atom. The van der Waals surface area contributed by atoms with Crippen LogP contribution in [0.5, 0.6) is 0 Å². The van der Waals surface area contributed by atoms with Crippen LogP contribution < -0.4 is 0 Å². The van der Waals surface area contributed by atoms with E-state index in [1.165, 1.54) is 0 Å². The van der Waals surface area contributed by atoms with E-state index in [-0.39, 0.29) is 0 Å². The fourth-order valence-electron chi connectivity index (χ4n) is 2.56. The second-order valence-electron chi connectivity index (χ2n) is 4.59. The number of rotatable bonds is 4. The van der Waals surface area contributed by atoms with Gasteiger partial charge in [0.05, 0.1) is 17.6 Å². The molecule has 1 aliphatic rings. The average molecular weight is 195 g/mol. The highest BCUT2D eigenvalue weighted by molar-refractivity contribution is 5.07. The van der Waals surface area contributed by atoms with E-state index in [1.54, 1.807) is 0 Å². The summed E-state index contributed by atoms with van der Waals surface area (Å²) in [4.78, 5) is 0. The van der Waals surface area contributed by atoms with E-state index in [0.717, 1.165) is 38.5 Å². The molecule has 0 aromatic carbocycles. The molecular formula is C12H21NO. The number of nitriles is 1. The van der Waals surface area contributed by atoms with Crippen molar-refractivity contribution in [2.45, 2.75) is 58.5 Å². The van der Waals surface area contributed by atoms with E-state index in [2.05, 4.69) is 19.9 Å². The minimum absolute atomic E-state index is 0.408. The number of nitrogens with zero attached hydrogens (tertiary/aromatic N) is 1. The molecule has 0 heterocycles. The van der Waals surface area contributed by atoms with Crippen LogP contribution in [0, 0.1) is 22.7 Å². The molecule has 1 rings (SSSR count). The van der Waals surface area contributed by atoms with Crippen molar-refractivity contribution in [2.75, 3.05) is 0 Å². The summed E-state index contributed by atoms with van der Waals surface area (Å²) in [6, 6.07) is 2.38. The fourth-order valence-corrected chi connectivity index (χ4v) is 2.56. The summed E-state index contributed by atoms with van der Waals surface area (Å²) in [6.45, 7) is 4.23. The van der Waals surface area contributed by atoms with Gasteiger partial charge in [0.25, 0.3) is 0 Å². The van der Waals surface area contributed by atoms with E-state index in [1.807, 2.05) is 0 Å². The largest absolute Gasteiger partial charge is 0.391 e. The van der Waals surface area contributed by atoms with Gasteiger partial charge in [0.1, 0.15) is 0 Å². The highest BCUT2D eigenvalue weighted by Crippen LogP contribution is 2.46. The Labute approximate surface area is 86.9 Å². The minimum atomic E-state index is -0.420. The maximum absolute atomic E-state index is 9.99. The van der Waals surface area contributed by atoms with Gasteiger partial charge < -0.3 is 5.11 Å². The van der Waals surface area contributed by atoms with Crippen molar-refractivity contribution in [3.05, 3.63) is 0 Å². The van der Waals surface area contributed by atoms with Gasteiger partial charge in [-0.05, 0) is 31.6 Å². The van der Waals surface area contributed by atoms with Gasteiger partial charge in [-0.25, -0.2) is 0 Å². The number of aliphatic hydroxyl groups excluding tert-OH is 1. The summed E-state index contributed by atoms with van der Waals surface area (Å²) >= 11 is 0. The van der Waals surface area contributed by atoms with Crippen molar-refractivity contribution >= 4 is 0 Å². The summed E-state index contributed by atoms with van der Waals surface area (Å²) in [6.07, 6.45) is 5.37. The second-order valence-corrected chi connectivity index (χ2v) is 4.59. The molecule has 1 saturated carbocycles. The Bertz CT molecular complexity index is 221. The topological polar surface area (TPSA) is 44.0 Å². The van der Waals surface area contributed by atoms with Crippen LogP contribution >= 0.6 is 0 Å². The average Bonchev–Trinajstić information content (AvgIpc) is 2.63. The zero-order valence-corrected chi connectivity index (χ0v) is 9.29. The molecule has 1 N–H and O–H groups in total. The first-order valence-electron chi connectivity index (χ1n) is 5.77. The SMILES string of the molecule is CCCC(O)C1(C#N)CCC(CC)C1. The van der Waals surface area contributed by atoms with Gasteiger partial charge in [-0.3, -0.25) is 0 Å². The Morgan fingerprint density at radius 3 is 2.71 bits per heavy atom. The Kier molecular flexibility index (Phi) is 3.95. The number of hydrogen-bond donors (Lipinski definition) is 1. The lowest BCUT2D eigenvalue weighted by atomic mass is 9.79. The van der Waals surface area contributed by atoms with Gasteiger partial charge in [-0.1, -0.05) is 26.7 Å². The summed E-state index contributed by atoms with van der Waals surface area (Å²) in [5.74, 6) is 0.654. The first kappa shape index (κ1) is 11.5. The van der Waals surface area contributed by atoms with E-state index >= 15 is 0 Å². The van der Waals surface area contributed by atoms with Crippen molar-refractivity contribution in [1.82, 2.24) is 0 Å². The zero-order valence-electron chi connectivity index (χ0n) is 9.29. The molecule has 3 atom stereocenters. The molecule has 2 nitrogen and oxygen atoms in total. The van der Waals surface area contributed by atoms with Crippen LogP contribution in [0.4, 0.5) is 0 Å². The second kappa shape index (κ2) is 4.79. The number of hydrogen-bond acceptors (Lipinski definition) is 2. The highest BCUT2D eigenvalue weighted by Gasteiger charge is 2.43. The van der Waals surface area contributed by atoms with Crippen molar-refractivity contribution in [3.63, 3.8) is 0 Å². The van der Waals surface area contributed by atoms with Crippen LogP contribution in [0.2, 0.25) is 0 Å². The third-order valence-corrected chi connectivity index (χ3v) is 3.65. The quantitative estimate of drug-likeness (QED) is 0.749. The van der Waals surface area contributed by atoms with Gasteiger partial charge in [0.2, 0.25) is 0 Å². The summed E-state index contributed by atoms with van der Waals surface area (Å²) in [5, 5.41) is 19.2. The molecule has 2 heteroatoms. The lowest BCUT2D eigenvalue weighted by molar-refractivity contribution is 0.0566. The molecule has 3 unspecified atom stereocenters. The van der Waals surface area contributed by atoms with Gasteiger partial charge in [0, 0.05) is 0 Å². The summed E-state index contributed by atoms with van der Waals surface area (Å²) in [5.41, 5.74) is -0.420. The first-order chi connectivity index (χ1) is 6.68. The molecule has 0 aliphatic heterocycles. The lowest BCUT2D eigenvalue weighted by Crippen LogP contribution is -2.31. The molecule has 0 aromatic rings. The molecule has 0 spiro atoms. The molecular weight excluding hydrogens is 174 g/mol. The van der Waals surface area contributed by atoms with Crippen molar-refractivity contribution in [1.29, 1.82) is 5.26 Å². The maximum Gasteiger partial charge on any atom is 0.0835 e. The Morgan fingerprint density at radius 2 is 2.29 bits per heavy atom. The minimum Gasteiger partial charge on any atom is -0.391 e. The van der Waals surface area contributed by atoms with Crippen molar-refractivity contribution in [3.8, 4) is 6.07 Å². The predicted octanol–water partition coefficient (Wildman–Crippen LogP) is 2.87. The van der Waals surface area contributed by atoms with E-state index in [9.17, 15) is 10.4 Å². The monoisotopic (exact) mass is 195 g/mol. The molecule has 0 aromatic heterocycles. The highest BCUT2D eigenvalue weighted by atomic mass is 16.3. The third kappa shape index (κ3) is 2.09. The van der Waals surface area contributed by atoms with Crippen LogP contribution in [0.3, 0.4) is 0 Å². The number of aliphatic hydroxyl groups is 1. The Hall–Kier alpha value is -0.550. The standard InChI is InChI=1S/C12H21NO/c1-3-5-11(14)12(9-13)7-6-10(4-2)8-12/h10-11,14H,3-8H2,1-2H3. The third-order valence-electron chi connectivity index (χ3n) is 3.65. The van der Waals surface area contributed by atoms with Gasteiger partial charge >= 0.3 is 0 Å². The molecule has 0 amide bonds. The molecule has 14 heavy (non-hydrogen) atoms. The first-order valence-corrected chi connectivity index (χ1v) is 5.77. The molecule has 0 bridgehead atoms. The van der Waals surface area contributed by atoms with Crippen LogP contribution in [0.25, 0.3) is 0 Å². The van der Waals surface area contributed by atoms with Gasteiger partial charge in [-0.2, -0.15) is 5.26 Å². The van der Waals surface area contributed by atoms with E-state index in [4.69, 9.17) is 0 Å². The van der Waals surface area contributed by atoms with Crippen LogP contribution in [-0.2, 0) is 0 Å². The summed E-state index contributed by atoms with van der Waals surface area (Å²) < 4.78 is 0. The van der Waals surface area contributed by atoms with E-state index in [0.29, 0.717) is 5.92 Å². The predicted molar refractivity (Wildman–Crippen MR) is 56.6 cm³/mol. The Balaban J connectivity index is 2.65. The van der Waals surface area contributed by atoms with Crippen LogP contribution in [0.15, 0.2) is 0 Å². The van der Waals surface area contributed by atoms with E-state index < -0.39 is 11.5 Å². The van der Waals surface area contributed by atoms with Crippen molar-refractivity contribution < 1.29 is 5.11 Å². The molecule has 0 radical (unpaired) electrons. The van der Waals surface area contributed by atoms with Crippen molar-refractivity contribution in [2.24, 2.45) is 11.3 Å². The normalized spacial score (nSPS) is 34.0. The van der Waals surface area contributed by atoms with Gasteiger partial charge in [0.15, 0.2) is 0 Å². The fraction of sp³-hybridized carbons (Fsp3) is 0.917. The summed E-state index contributed by atoms with van der Waals surface area (Å²) in [7, 11) is 0.